The van der Waals surface area contributed by atoms with Gasteiger partial charge in [0.1, 0.15) is 0 Å². The van der Waals surface area contributed by atoms with Gasteiger partial charge in [0.2, 0.25) is 0 Å². The van der Waals surface area contributed by atoms with Gasteiger partial charge in [0.25, 0.3) is 0 Å². The van der Waals surface area contributed by atoms with Crippen molar-refractivity contribution in [1.82, 2.24) is 0 Å². The van der Waals surface area contributed by atoms with Gasteiger partial charge in [-0.2, -0.15) is 0 Å². The lowest BCUT2D eigenvalue weighted by Gasteiger charge is -2.31. The quantitative estimate of drug-likeness (QED) is 0.714. The first kappa shape index (κ1) is 11.5. The van der Waals surface area contributed by atoms with Gasteiger partial charge in [0.05, 0.1) is 17.6 Å². The fourth-order valence-electron chi connectivity index (χ4n) is 1.84. The first-order valence-corrected chi connectivity index (χ1v) is 4.95. The maximum Gasteiger partial charge on any atom is 0.312 e. The van der Waals surface area contributed by atoms with Crippen molar-refractivity contribution < 1.29 is 19.7 Å². The molecule has 1 fully saturated rings. The molecule has 0 radical (unpaired) electrons. The number of carboxylic acids is 1. The first-order chi connectivity index (χ1) is 6.42. The summed E-state index contributed by atoms with van der Waals surface area (Å²) in [6.45, 7) is 4.23. The zero-order valence-electron chi connectivity index (χ0n) is 8.75. The van der Waals surface area contributed by atoms with Crippen molar-refractivity contribution in [2.45, 2.75) is 38.7 Å². The maximum absolute atomic E-state index is 11.1. The van der Waals surface area contributed by atoms with Crippen molar-refractivity contribution >= 4 is 5.97 Å². The van der Waals surface area contributed by atoms with Crippen molar-refractivity contribution in [3.05, 3.63) is 0 Å². The Balaban J connectivity index is 2.75. The molecule has 0 aromatic rings. The van der Waals surface area contributed by atoms with Crippen LogP contribution in [0.4, 0.5) is 0 Å². The summed E-state index contributed by atoms with van der Waals surface area (Å²) >= 11 is 0. The van der Waals surface area contributed by atoms with Crippen LogP contribution in [-0.4, -0.2) is 35.0 Å². The third kappa shape index (κ3) is 2.25. The van der Waals surface area contributed by atoms with E-state index in [9.17, 15) is 9.90 Å². The summed E-state index contributed by atoms with van der Waals surface area (Å²) in [5.74, 6) is -0.858. The summed E-state index contributed by atoms with van der Waals surface area (Å²) in [6, 6.07) is 0. The van der Waals surface area contributed by atoms with E-state index in [-0.39, 0.29) is 13.0 Å². The zero-order chi connectivity index (χ0) is 10.8. The first-order valence-electron chi connectivity index (χ1n) is 4.95. The van der Waals surface area contributed by atoms with Crippen LogP contribution in [0.2, 0.25) is 0 Å². The number of ether oxygens (including phenoxy) is 1. The normalized spacial score (nSPS) is 31.4. The van der Waals surface area contributed by atoms with Crippen molar-refractivity contribution in [2.24, 2.45) is 5.41 Å². The number of carbonyl (C=O) groups is 1. The summed E-state index contributed by atoms with van der Waals surface area (Å²) in [7, 11) is 0. The molecule has 2 atom stereocenters. The number of rotatable bonds is 4. The van der Waals surface area contributed by atoms with Crippen LogP contribution in [0.3, 0.4) is 0 Å². The highest BCUT2D eigenvalue weighted by molar-refractivity contribution is 5.75. The summed E-state index contributed by atoms with van der Waals surface area (Å²) in [6.07, 6.45) is 1.33. The van der Waals surface area contributed by atoms with Crippen molar-refractivity contribution in [2.75, 3.05) is 13.2 Å². The number of aliphatic hydroxyl groups is 1. The molecule has 1 aliphatic heterocycles. The van der Waals surface area contributed by atoms with Crippen LogP contribution in [0.25, 0.3) is 0 Å². The fourth-order valence-corrected chi connectivity index (χ4v) is 1.84. The third-order valence-electron chi connectivity index (χ3n) is 3.04. The molecule has 0 bridgehead atoms. The van der Waals surface area contributed by atoms with E-state index >= 15 is 0 Å². The molecule has 1 rings (SSSR count). The summed E-state index contributed by atoms with van der Waals surface area (Å²) in [4.78, 5) is 11.1. The van der Waals surface area contributed by atoms with E-state index in [0.717, 1.165) is 0 Å². The Morgan fingerprint density at radius 2 is 2.29 bits per heavy atom. The van der Waals surface area contributed by atoms with Gasteiger partial charge in [-0.1, -0.05) is 6.92 Å². The fraction of sp³-hybridized carbons (Fsp3) is 0.900. The average Bonchev–Trinajstić information content (AvgIpc) is 2.53. The lowest BCUT2D eigenvalue weighted by atomic mass is 9.76. The minimum absolute atomic E-state index is 0.221. The molecule has 4 nitrogen and oxygen atoms in total. The minimum atomic E-state index is -0.911. The Morgan fingerprint density at radius 1 is 1.64 bits per heavy atom. The van der Waals surface area contributed by atoms with Gasteiger partial charge >= 0.3 is 5.97 Å². The van der Waals surface area contributed by atoms with Crippen LogP contribution in [0, 0.1) is 5.41 Å². The minimum Gasteiger partial charge on any atom is -0.481 e. The van der Waals surface area contributed by atoms with Crippen molar-refractivity contribution in [1.29, 1.82) is 0 Å². The maximum atomic E-state index is 11.1. The lowest BCUT2D eigenvalue weighted by molar-refractivity contribution is -0.153. The van der Waals surface area contributed by atoms with Crippen LogP contribution < -0.4 is 0 Å². The Labute approximate surface area is 83.9 Å². The molecule has 2 unspecified atom stereocenters. The van der Waals surface area contributed by atoms with Crippen LogP contribution in [0.15, 0.2) is 0 Å². The predicted octanol–water partition coefficient (Wildman–Crippen LogP) is 1.03. The molecule has 1 aliphatic rings. The van der Waals surface area contributed by atoms with E-state index in [1.54, 1.807) is 6.92 Å². The van der Waals surface area contributed by atoms with Crippen LogP contribution in [-0.2, 0) is 9.53 Å². The van der Waals surface area contributed by atoms with Crippen LogP contribution in [0.1, 0.15) is 33.1 Å². The van der Waals surface area contributed by atoms with Crippen molar-refractivity contribution in [3.8, 4) is 0 Å². The molecule has 0 aromatic carbocycles. The van der Waals surface area contributed by atoms with Gasteiger partial charge < -0.3 is 14.9 Å². The average molecular weight is 202 g/mol. The largest absolute Gasteiger partial charge is 0.481 e. The van der Waals surface area contributed by atoms with Gasteiger partial charge in [-0.05, 0) is 26.2 Å². The van der Waals surface area contributed by atoms with Crippen molar-refractivity contribution in [3.63, 3.8) is 0 Å². The summed E-state index contributed by atoms with van der Waals surface area (Å²) < 4.78 is 5.12. The van der Waals surface area contributed by atoms with Gasteiger partial charge in [0.15, 0.2) is 0 Å². The second-order valence-electron chi connectivity index (χ2n) is 4.42. The van der Waals surface area contributed by atoms with E-state index in [1.807, 2.05) is 6.92 Å². The molecular formula is C10H18O4. The van der Waals surface area contributed by atoms with Gasteiger partial charge in [-0.15, -0.1) is 0 Å². The molecule has 0 amide bonds. The molecule has 0 spiro atoms. The highest BCUT2D eigenvalue weighted by Gasteiger charge is 2.46. The monoisotopic (exact) mass is 202 g/mol. The molecule has 0 saturated carbocycles. The SMILES string of the molecule is CCC(C)(O)CC1(C(=O)O)CCOC1. The standard InChI is InChI=1S/C10H18O4/c1-3-9(2,13)6-10(8(11)12)4-5-14-7-10/h13H,3-7H2,1-2H3,(H,11,12). The Hall–Kier alpha value is -0.610. The van der Waals surface area contributed by atoms with E-state index in [2.05, 4.69) is 0 Å². The number of hydrogen-bond acceptors (Lipinski definition) is 3. The highest BCUT2D eigenvalue weighted by atomic mass is 16.5. The summed E-state index contributed by atoms with van der Waals surface area (Å²) in [5, 5.41) is 19.0. The zero-order valence-corrected chi connectivity index (χ0v) is 8.75. The van der Waals surface area contributed by atoms with E-state index in [1.165, 1.54) is 0 Å². The second-order valence-corrected chi connectivity index (χ2v) is 4.42. The number of carboxylic acid groups (broad SMARTS) is 1. The Kier molecular flexibility index (Phi) is 3.17. The Morgan fingerprint density at radius 3 is 2.64 bits per heavy atom. The second kappa shape index (κ2) is 3.87. The summed E-state index contributed by atoms with van der Waals surface area (Å²) in [5.41, 5.74) is -1.79. The number of hydrogen-bond donors (Lipinski definition) is 2. The number of aliphatic carboxylic acids is 1. The van der Waals surface area contributed by atoms with Crippen LogP contribution >= 0.6 is 0 Å². The molecule has 82 valence electrons. The molecule has 1 saturated heterocycles. The highest BCUT2D eigenvalue weighted by Crippen LogP contribution is 2.38. The predicted molar refractivity (Wildman–Crippen MR) is 51.0 cm³/mol. The van der Waals surface area contributed by atoms with Crippen LogP contribution in [0.5, 0.6) is 0 Å². The van der Waals surface area contributed by atoms with Gasteiger partial charge in [0, 0.05) is 6.61 Å². The molecule has 0 aliphatic carbocycles. The third-order valence-corrected chi connectivity index (χ3v) is 3.04. The molecule has 1 heterocycles. The molecular weight excluding hydrogens is 184 g/mol. The molecule has 4 heteroatoms. The van der Waals surface area contributed by atoms with Gasteiger partial charge in [-0.25, -0.2) is 0 Å². The topological polar surface area (TPSA) is 66.8 Å². The lowest BCUT2D eigenvalue weighted by Crippen LogP contribution is -2.40. The van der Waals surface area contributed by atoms with E-state index in [4.69, 9.17) is 9.84 Å². The van der Waals surface area contributed by atoms with Gasteiger partial charge in [-0.3, -0.25) is 4.79 Å². The van der Waals surface area contributed by atoms with E-state index < -0.39 is 17.0 Å². The molecule has 14 heavy (non-hydrogen) atoms. The smallest absolute Gasteiger partial charge is 0.312 e. The van der Waals surface area contributed by atoms with E-state index in [0.29, 0.717) is 19.4 Å². The molecule has 2 N–H and O–H groups in total. The molecule has 0 aromatic heterocycles. The Bertz CT molecular complexity index is 216.